The van der Waals surface area contributed by atoms with Gasteiger partial charge in [0, 0.05) is 26.2 Å². The van der Waals surface area contributed by atoms with Crippen molar-refractivity contribution in [3.8, 4) is 11.5 Å². The van der Waals surface area contributed by atoms with Crippen LogP contribution in [-0.2, 0) is 0 Å². The molecule has 4 rings (SSSR count). The molecule has 3 aromatic rings. The zero-order valence-electron chi connectivity index (χ0n) is 15.5. The first kappa shape index (κ1) is 20.5. The molecular weight excluding hydrogens is 447 g/mol. The molecule has 0 saturated carbocycles. The highest BCUT2D eigenvalue weighted by molar-refractivity contribution is 6.37. The van der Waals surface area contributed by atoms with Crippen LogP contribution in [0.25, 0.3) is 6.08 Å². The number of allylic oxidation sites excluding steroid dienone is 1. The van der Waals surface area contributed by atoms with Crippen molar-refractivity contribution >= 4 is 52.6 Å². The number of benzene rings is 3. The first-order chi connectivity index (χ1) is 14.3. The Labute approximate surface area is 187 Å². The molecule has 0 radical (unpaired) electrons. The SMILES string of the molecule is Cc1c(OC(=O)c2ccc(Cl)cc2)ccc2c1O/C(=C\c1c(Cl)cccc1Cl)C2=O. The van der Waals surface area contributed by atoms with Crippen molar-refractivity contribution < 1.29 is 19.1 Å². The number of carbonyl (C=O) groups excluding carboxylic acids is 2. The third kappa shape index (κ3) is 3.82. The van der Waals surface area contributed by atoms with Gasteiger partial charge in [-0.3, -0.25) is 4.79 Å². The molecule has 0 spiro atoms. The van der Waals surface area contributed by atoms with Crippen molar-refractivity contribution in [2.45, 2.75) is 6.92 Å². The Morgan fingerprint density at radius 3 is 2.30 bits per heavy atom. The van der Waals surface area contributed by atoms with Gasteiger partial charge in [0.05, 0.1) is 11.1 Å². The van der Waals surface area contributed by atoms with Crippen LogP contribution in [0.5, 0.6) is 11.5 Å². The van der Waals surface area contributed by atoms with Crippen molar-refractivity contribution in [3.05, 3.63) is 97.7 Å². The van der Waals surface area contributed by atoms with Crippen molar-refractivity contribution in [3.63, 3.8) is 0 Å². The predicted molar refractivity (Wildman–Crippen MR) is 117 cm³/mol. The molecule has 0 amide bonds. The highest BCUT2D eigenvalue weighted by atomic mass is 35.5. The molecule has 0 saturated heterocycles. The molecule has 0 N–H and O–H groups in total. The summed E-state index contributed by atoms with van der Waals surface area (Å²) in [6.07, 6.45) is 1.51. The lowest BCUT2D eigenvalue weighted by molar-refractivity contribution is 0.0733. The van der Waals surface area contributed by atoms with Crippen LogP contribution in [0.15, 0.2) is 60.4 Å². The lowest BCUT2D eigenvalue weighted by Gasteiger charge is -2.10. The number of Topliss-reactive ketones (excluding diaryl/α,β-unsaturated/α-hetero) is 1. The summed E-state index contributed by atoms with van der Waals surface area (Å²) >= 11 is 18.2. The van der Waals surface area contributed by atoms with E-state index in [1.807, 2.05) is 0 Å². The van der Waals surface area contributed by atoms with Gasteiger partial charge in [-0.15, -0.1) is 0 Å². The van der Waals surface area contributed by atoms with Crippen LogP contribution in [0.3, 0.4) is 0 Å². The van der Waals surface area contributed by atoms with E-state index in [0.717, 1.165) is 0 Å². The lowest BCUT2D eigenvalue weighted by atomic mass is 10.1. The maximum absolute atomic E-state index is 12.8. The third-order valence-corrected chi connectivity index (χ3v) is 5.51. The summed E-state index contributed by atoms with van der Waals surface area (Å²) in [4.78, 5) is 25.2. The quantitative estimate of drug-likeness (QED) is 0.246. The molecule has 30 heavy (non-hydrogen) atoms. The fraction of sp³-hybridized carbons (Fsp3) is 0.0435. The average Bonchev–Trinajstić information content (AvgIpc) is 3.04. The topological polar surface area (TPSA) is 52.6 Å². The van der Waals surface area contributed by atoms with Crippen molar-refractivity contribution in [2.75, 3.05) is 0 Å². The molecule has 0 bridgehead atoms. The van der Waals surface area contributed by atoms with Crippen LogP contribution in [0.4, 0.5) is 0 Å². The summed E-state index contributed by atoms with van der Waals surface area (Å²) in [6, 6.07) is 14.5. The van der Waals surface area contributed by atoms with Gasteiger partial charge < -0.3 is 9.47 Å². The number of carbonyl (C=O) groups is 2. The molecule has 0 fully saturated rings. The van der Waals surface area contributed by atoms with E-state index < -0.39 is 5.97 Å². The first-order valence-corrected chi connectivity index (χ1v) is 9.98. The zero-order valence-corrected chi connectivity index (χ0v) is 17.8. The second-order valence-corrected chi connectivity index (χ2v) is 7.79. The second kappa shape index (κ2) is 8.15. The molecule has 0 aromatic heterocycles. The maximum atomic E-state index is 12.8. The monoisotopic (exact) mass is 458 g/mol. The van der Waals surface area contributed by atoms with E-state index in [4.69, 9.17) is 44.3 Å². The lowest BCUT2D eigenvalue weighted by Crippen LogP contribution is -2.09. The smallest absolute Gasteiger partial charge is 0.343 e. The van der Waals surface area contributed by atoms with Gasteiger partial charge in [0.25, 0.3) is 0 Å². The van der Waals surface area contributed by atoms with Crippen LogP contribution in [-0.4, -0.2) is 11.8 Å². The Hall–Kier alpha value is -2.79. The number of fused-ring (bicyclic) bond motifs is 1. The van der Waals surface area contributed by atoms with E-state index >= 15 is 0 Å². The van der Waals surface area contributed by atoms with E-state index in [1.165, 1.54) is 6.08 Å². The predicted octanol–water partition coefficient (Wildman–Crippen LogP) is 6.79. The second-order valence-electron chi connectivity index (χ2n) is 6.54. The largest absolute Gasteiger partial charge is 0.452 e. The normalized spacial score (nSPS) is 13.9. The molecule has 7 heteroatoms. The minimum absolute atomic E-state index is 0.0873. The van der Waals surface area contributed by atoms with Gasteiger partial charge in [0.2, 0.25) is 5.78 Å². The van der Waals surface area contributed by atoms with E-state index in [1.54, 1.807) is 61.5 Å². The molecule has 3 aromatic carbocycles. The molecule has 1 aliphatic rings. The number of halogens is 3. The van der Waals surface area contributed by atoms with Crippen LogP contribution >= 0.6 is 34.8 Å². The Morgan fingerprint density at radius 2 is 1.63 bits per heavy atom. The summed E-state index contributed by atoms with van der Waals surface area (Å²) in [5, 5.41) is 1.32. The van der Waals surface area contributed by atoms with Gasteiger partial charge in [-0.2, -0.15) is 0 Å². The highest BCUT2D eigenvalue weighted by Crippen LogP contribution is 2.40. The summed E-state index contributed by atoms with van der Waals surface area (Å²) in [5.74, 6) is -0.143. The minimum Gasteiger partial charge on any atom is -0.452 e. The summed E-state index contributed by atoms with van der Waals surface area (Å²) in [5.41, 5.74) is 1.74. The van der Waals surface area contributed by atoms with Crippen LogP contribution in [0.2, 0.25) is 15.1 Å². The fourth-order valence-corrected chi connectivity index (χ4v) is 3.64. The molecular formula is C23H13Cl3O4. The molecule has 1 heterocycles. The molecule has 1 aliphatic heterocycles. The number of hydrogen-bond acceptors (Lipinski definition) is 4. The molecule has 0 unspecified atom stereocenters. The van der Waals surface area contributed by atoms with Gasteiger partial charge >= 0.3 is 5.97 Å². The summed E-state index contributed by atoms with van der Waals surface area (Å²) < 4.78 is 11.3. The molecule has 4 nitrogen and oxygen atoms in total. The molecule has 0 aliphatic carbocycles. The van der Waals surface area contributed by atoms with Crippen molar-refractivity contribution in [2.24, 2.45) is 0 Å². The standard InChI is InChI=1S/C23H13Cl3O4/c1-12-19(30-23(28)13-5-7-14(24)8-6-13)10-9-15-21(27)20(29-22(12)15)11-16-17(25)3-2-4-18(16)26/h2-11H,1H3/b20-11-. The Morgan fingerprint density at radius 1 is 0.967 bits per heavy atom. The van der Waals surface area contributed by atoms with Crippen molar-refractivity contribution in [1.82, 2.24) is 0 Å². The third-order valence-electron chi connectivity index (χ3n) is 4.59. The first-order valence-electron chi connectivity index (χ1n) is 8.85. The highest BCUT2D eigenvalue weighted by Gasteiger charge is 2.31. The van der Waals surface area contributed by atoms with Gasteiger partial charge in [-0.1, -0.05) is 40.9 Å². The maximum Gasteiger partial charge on any atom is 0.343 e. The van der Waals surface area contributed by atoms with Gasteiger partial charge in [0.1, 0.15) is 11.5 Å². The Kier molecular flexibility index (Phi) is 5.56. The van der Waals surface area contributed by atoms with Gasteiger partial charge in [-0.25, -0.2) is 4.79 Å². The molecule has 150 valence electrons. The fourth-order valence-electron chi connectivity index (χ4n) is 3.00. The number of ether oxygens (including phenoxy) is 2. The Bertz CT molecular complexity index is 1190. The van der Waals surface area contributed by atoms with E-state index in [2.05, 4.69) is 0 Å². The van der Waals surface area contributed by atoms with Crippen LogP contribution in [0, 0.1) is 6.92 Å². The summed E-state index contributed by atoms with van der Waals surface area (Å²) in [6.45, 7) is 1.71. The Balaban J connectivity index is 1.64. The van der Waals surface area contributed by atoms with E-state index in [9.17, 15) is 9.59 Å². The van der Waals surface area contributed by atoms with Gasteiger partial charge in [-0.05, 0) is 61.5 Å². The zero-order chi connectivity index (χ0) is 21.4. The van der Waals surface area contributed by atoms with Crippen LogP contribution in [0.1, 0.15) is 31.8 Å². The molecule has 0 atom stereocenters. The number of rotatable bonds is 3. The van der Waals surface area contributed by atoms with E-state index in [0.29, 0.717) is 48.8 Å². The minimum atomic E-state index is -0.544. The number of esters is 1. The van der Waals surface area contributed by atoms with Crippen molar-refractivity contribution in [1.29, 1.82) is 0 Å². The summed E-state index contributed by atoms with van der Waals surface area (Å²) in [7, 11) is 0. The van der Waals surface area contributed by atoms with Gasteiger partial charge in [0.15, 0.2) is 5.76 Å². The van der Waals surface area contributed by atoms with Crippen LogP contribution < -0.4 is 9.47 Å². The number of ketones is 1. The van der Waals surface area contributed by atoms with E-state index in [-0.39, 0.29) is 11.5 Å². The number of hydrogen-bond donors (Lipinski definition) is 0. The average molecular weight is 460 g/mol.